The lowest BCUT2D eigenvalue weighted by molar-refractivity contribution is -0.112. The molecule has 2 unspecified atom stereocenters. The average molecular weight is 234 g/mol. The van der Waals surface area contributed by atoms with E-state index in [0.717, 1.165) is 0 Å². The highest BCUT2D eigenvalue weighted by molar-refractivity contribution is 5.99. The van der Waals surface area contributed by atoms with E-state index in [9.17, 15) is 4.79 Å². The maximum atomic E-state index is 11.6. The average Bonchev–Trinajstić information content (AvgIpc) is 2.94. The molecule has 1 nitrogen and oxygen atoms in total. The van der Waals surface area contributed by atoms with Crippen LogP contribution in [0.3, 0.4) is 0 Å². The van der Waals surface area contributed by atoms with Gasteiger partial charge in [-0.3, -0.25) is 4.79 Å². The summed E-state index contributed by atoms with van der Waals surface area (Å²) in [6.45, 7) is 0. The van der Waals surface area contributed by atoms with Crippen molar-refractivity contribution in [3.05, 3.63) is 12.2 Å². The van der Waals surface area contributed by atoms with Gasteiger partial charge in [0.1, 0.15) is 5.78 Å². The normalized spacial score (nSPS) is 34.2. The second-order valence-corrected chi connectivity index (χ2v) is 5.72. The molecule has 0 aromatic carbocycles. The number of ketones is 1. The summed E-state index contributed by atoms with van der Waals surface area (Å²) in [5.74, 6) is 1.52. The second kappa shape index (κ2) is 6.98. The summed E-state index contributed by atoms with van der Waals surface area (Å²) in [5.41, 5.74) is 0. The molecule has 2 aliphatic rings. The monoisotopic (exact) mass is 234 g/mol. The van der Waals surface area contributed by atoms with E-state index in [1.54, 1.807) is 0 Å². The zero-order valence-electron chi connectivity index (χ0n) is 11.0. The van der Waals surface area contributed by atoms with Gasteiger partial charge in [-0.1, -0.05) is 44.3 Å². The van der Waals surface area contributed by atoms with Crippen molar-refractivity contribution in [1.82, 2.24) is 0 Å². The van der Waals surface area contributed by atoms with Crippen molar-refractivity contribution in [2.24, 2.45) is 11.8 Å². The third-order valence-corrected chi connectivity index (χ3v) is 4.30. The number of hydrogen-bond donors (Lipinski definition) is 0. The fourth-order valence-corrected chi connectivity index (χ4v) is 3.06. The highest BCUT2D eigenvalue weighted by Crippen LogP contribution is 2.41. The van der Waals surface area contributed by atoms with Crippen LogP contribution in [-0.4, -0.2) is 5.78 Å². The Kier molecular flexibility index (Phi) is 5.28. The zero-order valence-corrected chi connectivity index (χ0v) is 11.0. The van der Waals surface area contributed by atoms with E-state index >= 15 is 0 Å². The van der Waals surface area contributed by atoms with Crippen LogP contribution in [0.1, 0.15) is 70.6 Å². The Morgan fingerprint density at radius 3 is 1.76 bits per heavy atom. The van der Waals surface area contributed by atoms with E-state index in [2.05, 4.69) is 12.2 Å². The Labute approximate surface area is 106 Å². The lowest BCUT2D eigenvalue weighted by atomic mass is 10.1. The Hall–Kier alpha value is -0.590. The van der Waals surface area contributed by atoms with Crippen molar-refractivity contribution in [1.29, 1.82) is 0 Å². The Balaban J connectivity index is 1.72. The molecule has 0 radical (unpaired) electrons. The van der Waals surface area contributed by atoms with E-state index in [-0.39, 0.29) is 0 Å². The Morgan fingerprint density at radius 1 is 0.706 bits per heavy atom. The molecule has 2 aliphatic carbocycles. The molecule has 2 atom stereocenters. The van der Waals surface area contributed by atoms with Crippen LogP contribution >= 0.6 is 0 Å². The van der Waals surface area contributed by atoms with Crippen molar-refractivity contribution in [3.8, 4) is 0 Å². The number of carbonyl (C=O) groups is 1. The number of allylic oxidation sites excluding steroid dienone is 2. The van der Waals surface area contributed by atoms with Crippen LogP contribution in [0.15, 0.2) is 12.2 Å². The smallest absolute Gasteiger partial charge is 0.140 e. The quantitative estimate of drug-likeness (QED) is 0.557. The van der Waals surface area contributed by atoms with E-state index in [1.807, 2.05) is 0 Å². The van der Waals surface area contributed by atoms with Crippen molar-refractivity contribution < 1.29 is 4.79 Å². The molecular formula is C16H26O. The first-order valence-corrected chi connectivity index (χ1v) is 7.58. The minimum absolute atomic E-state index is 0.468. The number of carbonyl (C=O) groups excluding carboxylic acids is 1. The molecule has 0 aliphatic heterocycles. The summed E-state index contributed by atoms with van der Waals surface area (Å²) in [6.07, 6.45) is 18.7. The van der Waals surface area contributed by atoms with Gasteiger partial charge < -0.3 is 0 Å². The number of Topliss-reactive ketones (excluding diaryl/α,β-unsaturated/α-hetero) is 1. The SMILES string of the molecule is O=C1C2CCCCC/C=C/CCCCCCC12. The Bertz CT molecular complexity index is 267. The molecule has 1 saturated carbocycles. The van der Waals surface area contributed by atoms with Crippen LogP contribution in [0.5, 0.6) is 0 Å². The molecule has 0 spiro atoms. The largest absolute Gasteiger partial charge is 0.299 e. The fraction of sp³-hybridized carbons (Fsp3) is 0.812. The highest BCUT2D eigenvalue weighted by atomic mass is 16.1. The van der Waals surface area contributed by atoms with Gasteiger partial charge in [0, 0.05) is 11.8 Å². The van der Waals surface area contributed by atoms with E-state index in [0.29, 0.717) is 17.6 Å². The van der Waals surface area contributed by atoms with Crippen LogP contribution < -0.4 is 0 Å². The van der Waals surface area contributed by atoms with Gasteiger partial charge in [-0.25, -0.2) is 0 Å². The van der Waals surface area contributed by atoms with Gasteiger partial charge in [0.05, 0.1) is 0 Å². The maximum Gasteiger partial charge on any atom is 0.140 e. The van der Waals surface area contributed by atoms with Gasteiger partial charge in [-0.05, 0) is 38.5 Å². The predicted octanol–water partition coefficient (Wildman–Crippen LogP) is 4.66. The standard InChI is InChI=1S/C16H26O/c17-16-14-12-10-8-6-4-2-1-3-5-7-9-11-13-15(14)16/h1-2,14-15H,3-13H2/b2-1+. The van der Waals surface area contributed by atoms with E-state index in [4.69, 9.17) is 0 Å². The zero-order chi connectivity index (χ0) is 11.9. The first-order chi connectivity index (χ1) is 8.39. The molecule has 96 valence electrons. The minimum atomic E-state index is 0.468. The molecule has 0 bridgehead atoms. The molecule has 0 aromatic heterocycles. The summed E-state index contributed by atoms with van der Waals surface area (Å²) >= 11 is 0. The molecule has 0 N–H and O–H groups in total. The van der Waals surface area contributed by atoms with Gasteiger partial charge in [0.25, 0.3) is 0 Å². The minimum Gasteiger partial charge on any atom is -0.299 e. The van der Waals surface area contributed by atoms with Crippen LogP contribution in [0.25, 0.3) is 0 Å². The van der Waals surface area contributed by atoms with Gasteiger partial charge in [-0.2, -0.15) is 0 Å². The summed E-state index contributed by atoms with van der Waals surface area (Å²) in [4.78, 5) is 11.6. The predicted molar refractivity (Wildman–Crippen MR) is 71.9 cm³/mol. The topological polar surface area (TPSA) is 17.1 Å². The van der Waals surface area contributed by atoms with Gasteiger partial charge >= 0.3 is 0 Å². The summed E-state index contributed by atoms with van der Waals surface area (Å²) in [5, 5.41) is 0. The molecule has 0 heterocycles. The van der Waals surface area contributed by atoms with Crippen LogP contribution in [0, 0.1) is 11.8 Å². The van der Waals surface area contributed by atoms with Crippen molar-refractivity contribution in [3.63, 3.8) is 0 Å². The first-order valence-electron chi connectivity index (χ1n) is 7.58. The fourth-order valence-electron chi connectivity index (χ4n) is 3.06. The van der Waals surface area contributed by atoms with Crippen molar-refractivity contribution >= 4 is 5.78 Å². The third kappa shape index (κ3) is 4.29. The van der Waals surface area contributed by atoms with Gasteiger partial charge in [0.2, 0.25) is 0 Å². The van der Waals surface area contributed by atoms with Crippen LogP contribution in [0.4, 0.5) is 0 Å². The molecule has 1 fully saturated rings. The molecule has 17 heavy (non-hydrogen) atoms. The van der Waals surface area contributed by atoms with Gasteiger partial charge in [-0.15, -0.1) is 0 Å². The summed E-state index contributed by atoms with van der Waals surface area (Å²) in [6, 6.07) is 0. The lowest BCUT2D eigenvalue weighted by Crippen LogP contribution is -1.86. The van der Waals surface area contributed by atoms with E-state index < -0.39 is 0 Å². The first kappa shape index (κ1) is 12.9. The van der Waals surface area contributed by atoms with E-state index in [1.165, 1.54) is 70.6 Å². The summed E-state index contributed by atoms with van der Waals surface area (Å²) < 4.78 is 0. The van der Waals surface area contributed by atoms with Crippen molar-refractivity contribution in [2.75, 3.05) is 0 Å². The lowest BCUT2D eigenvalue weighted by Gasteiger charge is -1.99. The van der Waals surface area contributed by atoms with Crippen LogP contribution in [0.2, 0.25) is 0 Å². The van der Waals surface area contributed by atoms with Crippen LogP contribution in [-0.2, 0) is 4.79 Å². The van der Waals surface area contributed by atoms with Gasteiger partial charge in [0.15, 0.2) is 0 Å². The second-order valence-electron chi connectivity index (χ2n) is 5.72. The molecule has 0 amide bonds. The number of hydrogen-bond acceptors (Lipinski definition) is 1. The molecule has 1 heteroatoms. The Morgan fingerprint density at radius 2 is 1.18 bits per heavy atom. The highest BCUT2D eigenvalue weighted by Gasteiger charge is 2.46. The maximum absolute atomic E-state index is 11.6. The number of fused-ring (bicyclic) bond motifs is 1. The van der Waals surface area contributed by atoms with Crippen molar-refractivity contribution in [2.45, 2.75) is 70.6 Å². The third-order valence-electron chi connectivity index (χ3n) is 4.30. The molecule has 2 rings (SSSR count). The summed E-state index contributed by atoms with van der Waals surface area (Å²) in [7, 11) is 0. The molecular weight excluding hydrogens is 208 g/mol. The number of rotatable bonds is 0. The molecule has 0 aromatic rings. The molecule has 0 saturated heterocycles.